The smallest absolute Gasteiger partial charge is 0.449 e. The van der Waals surface area contributed by atoms with Crippen molar-refractivity contribution < 1.29 is 23.6 Å². The van der Waals surface area contributed by atoms with Gasteiger partial charge in [-0.3, -0.25) is 0 Å². The van der Waals surface area contributed by atoms with Crippen LogP contribution in [0.15, 0.2) is 42.5 Å². The van der Waals surface area contributed by atoms with Crippen molar-refractivity contribution in [1.82, 2.24) is 0 Å². The first-order valence-corrected chi connectivity index (χ1v) is 6.98. The molecule has 0 radical (unpaired) electrons. The van der Waals surface area contributed by atoms with Crippen molar-refractivity contribution >= 4 is 18.6 Å². The van der Waals surface area contributed by atoms with E-state index < -0.39 is 18.9 Å². The van der Waals surface area contributed by atoms with Crippen LogP contribution < -0.4 is 5.46 Å². The van der Waals surface area contributed by atoms with Crippen LogP contribution in [0.25, 0.3) is 0 Å². The summed E-state index contributed by atoms with van der Waals surface area (Å²) in [6.45, 7) is -0.0331. The second kappa shape index (κ2) is 6.65. The predicted octanol–water partition coefficient (Wildman–Crippen LogP) is 1.25. The molecule has 6 heteroatoms. The molecule has 1 aliphatic rings. The van der Waals surface area contributed by atoms with Gasteiger partial charge in [0.05, 0.1) is 12.2 Å². The van der Waals surface area contributed by atoms with Crippen LogP contribution in [0.2, 0.25) is 0 Å². The molecule has 0 aromatic heterocycles. The zero-order valence-corrected chi connectivity index (χ0v) is 12.1. The van der Waals surface area contributed by atoms with E-state index in [9.17, 15) is 14.2 Å². The number of benzene rings is 2. The van der Waals surface area contributed by atoms with Gasteiger partial charge in [0.25, 0.3) is 0 Å². The molecule has 0 saturated heterocycles. The van der Waals surface area contributed by atoms with Crippen LogP contribution in [0.3, 0.4) is 0 Å². The van der Waals surface area contributed by atoms with E-state index in [4.69, 9.17) is 9.39 Å². The lowest BCUT2D eigenvalue weighted by atomic mass is 9.78. The maximum atomic E-state index is 13.9. The molecule has 23 heavy (non-hydrogen) atoms. The number of halogens is 1. The molecule has 114 valence electrons. The quantitative estimate of drug-likeness (QED) is 0.515. The van der Waals surface area contributed by atoms with Crippen molar-refractivity contribution in [3.63, 3.8) is 0 Å². The maximum Gasteiger partial charge on any atom is 0.491 e. The molecule has 0 amide bonds. The summed E-state index contributed by atoms with van der Waals surface area (Å²) in [5.74, 6) is 3.99. The summed E-state index contributed by atoms with van der Waals surface area (Å²) in [4.78, 5) is 11.9. The van der Waals surface area contributed by atoms with E-state index in [0.29, 0.717) is 11.0 Å². The summed E-state index contributed by atoms with van der Waals surface area (Å²) in [5, 5.41) is 9.60. The van der Waals surface area contributed by atoms with Crippen LogP contribution in [-0.4, -0.2) is 24.7 Å². The van der Waals surface area contributed by atoms with Crippen molar-refractivity contribution in [3.05, 3.63) is 65.0 Å². The Hall–Kier alpha value is -2.62. The summed E-state index contributed by atoms with van der Waals surface area (Å²) in [6.07, 6.45) is 0. The molecule has 2 aromatic rings. The van der Waals surface area contributed by atoms with E-state index in [2.05, 4.69) is 11.8 Å². The molecule has 0 unspecified atom stereocenters. The van der Waals surface area contributed by atoms with Gasteiger partial charge in [0.15, 0.2) is 6.61 Å². The molecule has 0 aliphatic carbocycles. The number of hydrogen-bond acceptors (Lipinski definition) is 4. The average Bonchev–Trinajstić information content (AvgIpc) is 2.92. The topological polar surface area (TPSA) is 55.8 Å². The normalized spacial score (nSPS) is 12.3. The average molecular weight is 310 g/mol. The Morgan fingerprint density at radius 1 is 1.35 bits per heavy atom. The molecule has 1 aliphatic heterocycles. The van der Waals surface area contributed by atoms with E-state index >= 15 is 0 Å². The largest absolute Gasteiger partial charge is 0.491 e. The monoisotopic (exact) mass is 310 g/mol. The predicted molar refractivity (Wildman–Crippen MR) is 82.4 cm³/mol. The lowest BCUT2D eigenvalue weighted by Crippen LogP contribution is -2.29. The molecule has 0 atom stereocenters. The van der Waals surface area contributed by atoms with Gasteiger partial charge in [-0.1, -0.05) is 30.0 Å². The molecular weight excluding hydrogens is 298 g/mol. The minimum absolute atomic E-state index is 0.116. The van der Waals surface area contributed by atoms with Gasteiger partial charge in [-0.25, -0.2) is 9.18 Å². The first kappa shape index (κ1) is 15.3. The van der Waals surface area contributed by atoms with Crippen LogP contribution in [0.5, 0.6) is 0 Å². The van der Waals surface area contributed by atoms with Crippen LogP contribution >= 0.6 is 0 Å². The second-order valence-corrected chi connectivity index (χ2v) is 4.94. The number of rotatable bonds is 2. The fraction of sp³-hybridized carbons (Fsp3) is 0.118. The lowest BCUT2D eigenvalue weighted by Gasteiger charge is -2.05. The Balaban J connectivity index is 1.67. The highest BCUT2D eigenvalue weighted by Gasteiger charge is 2.30. The Bertz CT molecular complexity index is 795. The van der Waals surface area contributed by atoms with Gasteiger partial charge in [0.2, 0.25) is 0 Å². The van der Waals surface area contributed by atoms with Gasteiger partial charge in [-0.2, -0.15) is 0 Å². The van der Waals surface area contributed by atoms with Crippen molar-refractivity contribution in [2.45, 2.75) is 6.61 Å². The summed E-state index contributed by atoms with van der Waals surface area (Å²) in [6, 6.07) is 11.7. The zero-order chi connectivity index (χ0) is 16.2. The van der Waals surface area contributed by atoms with Gasteiger partial charge in [-0.05, 0) is 35.3 Å². The van der Waals surface area contributed by atoms with E-state index in [0.717, 1.165) is 5.56 Å². The fourth-order valence-electron chi connectivity index (χ4n) is 2.24. The van der Waals surface area contributed by atoms with Gasteiger partial charge >= 0.3 is 13.1 Å². The van der Waals surface area contributed by atoms with Crippen LogP contribution in [0, 0.1) is 17.7 Å². The standard InChI is InChI=1S/C17H12BFO4/c19-16-9-13-11-23-18(21)15(13)10-14(16)17(20)22-8-4-7-12-5-2-1-3-6-12/h1-3,5-6,9-10,21H,8,11H2. The third kappa shape index (κ3) is 3.42. The highest BCUT2D eigenvalue weighted by Crippen LogP contribution is 2.16. The molecule has 2 aromatic carbocycles. The molecule has 0 bridgehead atoms. The molecule has 1 heterocycles. The Labute approximate surface area is 133 Å². The molecule has 1 N–H and O–H groups in total. The number of carbonyl (C=O) groups is 1. The van der Waals surface area contributed by atoms with E-state index in [1.165, 1.54) is 12.1 Å². The lowest BCUT2D eigenvalue weighted by molar-refractivity contribution is 0.0551. The summed E-state index contributed by atoms with van der Waals surface area (Å²) < 4.78 is 23.8. The third-order valence-electron chi connectivity index (χ3n) is 3.39. The van der Waals surface area contributed by atoms with Crippen LogP contribution in [0.1, 0.15) is 21.5 Å². The molecule has 3 rings (SSSR count). The number of esters is 1. The maximum absolute atomic E-state index is 13.9. The SMILES string of the molecule is O=C(OCC#Cc1ccccc1)c1cc2c(cc1F)COB2O. The Kier molecular flexibility index (Phi) is 4.42. The first-order chi connectivity index (χ1) is 11.1. The van der Waals surface area contributed by atoms with E-state index in [-0.39, 0.29) is 18.8 Å². The number of fused-ring (bicyclic) bond motifs is 1. The van der Waals surface area contributed by atoms with Crippen LogP contribution in [0.4, 0.5) is 4.39 Å². The molecule has 4 nitrogen and oxygen atoms in total. The molecule has 0 spiro atoms. The van der Waals surface area contributed by atoms with E-state index in [1.807, 2.05) is 30.3 Å². The molecule has 0 fully saturated rings. The molecular formula is C17H12BFO4. The van der Waals surface area contributed by atoms with E-state index in [1.54, 1.807) is 0 Å². The van der Waals surface area contributed by atoms with Crippen molar-refractivity contribution in [2.24, 2.45) is 0 Å². The van der Waals surface area contributed by atoms with Crippen molar-refractivity contribution in [2.75, 3.05) is 6.61 Å². The van der Waals surface area contributed by atoms with Gasteiger partial charge in [0.1, 0.15) is 5.82 Å². The highest BCUT2D eigenvalue weighted by atomic mass is 19.1. The Morgan fingerprint density at radius 3 is 2.91 bits per heavy atom. The summed E-state index contributed by atoms with van der Waals surface area (Å²) in [5.41, 5.74) is 1.46. The minimum atomic E-state index is -1.14. The van der Waals surface area contributed by atoms with Gasteiger partial charge in [0, 0.05) is 5.56 Å². The molecule has 0 saturated carbocycles. The van der Waals surface area contributed by atoms with Crippen LogP contribution in [-0.2, 0) is 16.0 Å². The first-order valence-electron chi connectivity index (χ1n) is 6.98. The third-order valence-corrected chi connectivity index (χ3v) is 3.39. The second-order valence-electron chi connectivity index (χ2n) is 4.94. The minimum Gasteiger partial charge on any atom is -0.449 e. The summed E-state index contributed by atoms with van der Waals surface area (Å²) >= 11 is 0. The fourth-order valence-corrected chi connectivity index (χ4v) is 2.24. The summed E-state index contributed by atoms with van der Waals surface area (Å²) in [7, 11) is -1.14. The zero-order valence-electron chi connectivity index (χ0n) is 12.1. The number of hydrogen-bond donors (Lipinski definition) is 1. The van der Waals surface area contributed by atoms with Crippen molar-refractivity contribution in [3.8, 4) is 11.8 Å². The number of ether oxygens (including phenoxy) is 1. The Morgan fingerprint density at radius 2 is 2.13 bits per heavy atom. The highest BCUT2D eigenvalue weighted by molar-refractivity contribution is 6.61. The van der Waals surface area contributed by atoms with Gasteiger partial charge in [-0.15, -0.1) is 0 Å². The van der Waals surface area contributed by atoms with Crippen molar-refractivity contribution in [1.29, 1.82) is 0 Å². The number of carbonyl (C=O) groups excluding carboxylic acids is 1. The van der Waals surface area contributed by atoms with Gasteiger partial charge < -0.3 is 14.4 Å².